The number of nitrogens with one attached hydrogen (secondary N) is 1. The number of amides is 2. The van der Waals surface area contributed by atoms with Gasteiger partial charge in [-0.2, -0.15) is 0 Å². The van der Waals surface area contributed by atoms with Crippen molar-refractivity contribution in [2.75, 3.05) is 13.6 Å². The van der Waals surface area contributed by atoms with E-state index in [1.54, 1.807) is 19.2 Å². The van der Waals surface area contributed by atoms with E-state index in [9.17, 15) is 9.59 Å². The van der Waals surface area contributed by atoms with E-state index < -0.39 is 0 Å². The first-order valence-electron chi connectivity index (χ1n) is 5.87. The Morgan fingerprint density at radius 1 is 1.42 bits per heavy atom. The summed E-state index contributed by atoms with van der Waals surface area (Å²) in [5, 5.41) is 2.92. The minimum Gasteiger partial charge on any atom is -0.350 e. The summed E-state index contributed by atoms with van der Waals surface area (Å²) in [4.78, 5) is 29.0. The summed E-state index contributed by atoms with van der Waals surface area (Å²) >= 11 is 5.85. The Balaban J connectivity index is 2.69. The summed E-state index contributed by atoms with van der Waals surface area (Å²) < 4.78 is 0. The number of nitrogens with zero attached hydrogens (tertiary/aromatic N) is 2. The van der Waals surface area contributed by atoms with Crippen molar-refractivity contribution in [2.45, 2.75) is 26.3 Å². The molecule has 0 aliphatic heterocycles. The highest BCUT2D eigenvalue weighted by Crippen LogP contribution is 2.13. The lowest BCUT2D eigenvalue weighted by Crippen LogP contribution is -2.46. The number of carbonyl (C=O) groups is 2. The summed E-state index contributed by atoms with van der Waals surface area (Å²) in [6.45, 7) is 5.61. The van der Waals surface area contributed by atoms with Crippen molar-refractivity contribution >= 4 is 23.4 Å². The number of pyridine rings is 1. The van der Waals surface area contributed by atoms with Gasteiger partial charge in [-0.25, -0.2) is 4.98 Å². The van der Waals surface area contributed by atoms with Crippen LogP contribution in [0.1, 0.15) is 31.1 Å². The molecular weight excluding hydrogens is 266 g/mol. The first-order chi connectivity index (χ1) is 8.70. The van der Waals surface area contributed by atoms with Crippen molar-refractivity contribution in [3.8, 4) is 0 Å². The number of halogens is 1. The van der Waals surface area contributed by atoms with Crippen LogP contribution in [0, 0.1) is 0 Å². The highest BCUT2D eigenvalue weighted by atomic mass is 35.5. The second-order valence-corrected chi connectivity index (χ2v) is 5.66. The van der Waals surface area contributed by atoms with Gasteiger partial charge in [0.2, 0.25) is 5.91 Å². The number of aromatic nitrogens is 1. The Labute approximate surface area is 118 Å². The van der Waals surface area contributed by atoms with E-state index in [0.29, 0.717) is 0 Å². The van der Waals surface area contributed by atoms with Crippen LogP contribution in [-0.2, 0) is 4.79 Å². The average Bonchev–Trinajstić information content (AvgIpc) is 2.26. The van der Waals surface area contributed by atoms with Gasteiger partial charge in [0.25, 0.3) is 5.91 Å². The Kier molecular flexibility index (Phi) is 4.89. The lowest BCUT2D eigenvalue weighted by molar-refractivity contribution is -0.122. The maximum Gasteiger partial charge on any atom is 0.257 e. The van der Waals surface area contributed by atoms with Gasteiger partial charge >= 0.3 is 0 Å². The summed E-state index contributed by atoms with van der Waals surface area (Å²) in [5.41, 5.74) is -0.0392. The maximum absolute atomic E-state index is 12.1. The van der Waals surface area contributed by atoms with Crippen molar-refractivity contribution in [2.24, 2.45) is 0 Å². The molecule has 19 heavy (non-hydrogen) atoms. The Morgan fingerprint density at radius 3 is 2.58 bits per heavy atom. The number of likely N-dealkylation sites (N-methyl/N-ethyl adjacent to an activating group) is 1. The van der Waals surface area contributed by atoms with Crippen LogP contribution in [0.4, 0.5) is 0 Å². The zero-order valence-electron chi connectivity index (χ0n) is 11.5. The average molecular weight is 284 g/mol. The van der Waals surface area contributed by atoms with Gasteiger partial charge in [-0.05, 0) is 32.9 Å². The van der Waals surface area contributed by atoms with Crippen LogP contribution in [0.3, 0.4) is 0 Å². The van der Waals surface area contributed by atoms with Crippen LogP contribution >= 0.6 is 11.6 Å². The fraction of sp³-hybridized carbons (Fsp3) is 0.462. The molecule has 0 bridgehead atoms. The van der Waals surface area contributed by atoms with Crippen molar-refractivity contribution in [1.29, 1.82) is 0 Å². The van der Waals surface area contributed by atoms with Crippen molar-refractivity contribution in [1.82, 2.24) is 15.2 Å². The molecule has 0 saturated heterocycles. The normalized spacial score (nSPS) is 11.0. The fourth-order valence-electron chi connectivity index (χ4n) is 1.50. The molecule has 2 amide bonds. The third-order valence-electron chi connectivity index (χ3n) is 2.23. The SMILES string of the molecule is CN(CC(=O)NC(C)(C)C)C(=O)c1cccnc1Cl. The van der Waals surface area contributed by atoms with Crippen molar-refractivity contribution < 1.29 is 9.59 Å². The van der Waals surface area contributed by atoms with Gasteiger partial charge in [-0.1, -0.05) is 11.6 Å². The molecule has 104 valence electrons. The largest absolute Gasteiger partial charge is 0.350 e. The first-order valence-corrected chi connectivity index (χ1v) is 6.25. The molecule has 0 fully saturated rings. The van der Waals surface area contributed by atoms with E-state index in [4.69, 9.17) is 11.6 Å². The molecule has 0 aromatic carbocycles. The lowest BCUT2D eigenvalue weighted by Gasteiger charge is -2.23. The number of rotatable bonds is 3. The smallest absolute Gasteiger partial charge is 0.257 e. The minimum absolute atomic E-state index is 0.0265. The Hall–Kier alpha value is -1.62. The molecule has 0 atom stereocenters. The minimum atomic E-state index is -0.331. The van der Waals surface area contributed by atoms with Gasteiger partial charge in [-0.15, -0.1) is 0 Å². The monoisotopic (exact) mass is 283 g/mol. The molecule has 1 aromatic rings. The van der Waals surface area contributed by atoms with Gasteiger partial charge in [0.15, 0.2) is 0 Å². The van der Waals surface area contributed by atoms with Crippen LogP contribution in [0.25, 0.3) is 0 Å². The molecule has 6 heteroatoms. The molecule has 0 unspecified atom stereocenters. The van der Waals surface area contributed by atoms with Crippen LogP contribution in [0.5, 0.6) is 0 Å². The third-order valence-corrected chi connectivity index (χ3v) is 2.53. The molecular formula is C13H18ClN3O2. The number of carbonyl (C=O) groups excluding carboxylic acids is 2. The molecule has 1 aromatic heterocycles. The second kappa shape index (κ2) is 6.02. The van der Waals surface area contributed by atoms with Gasteiger partial charge < -0.3 is 10.2 Å². The zero-order chi connectivity index (χ0) is 14.6. The predicted octanol–water partition coefficient (Wildman–Crippen LogP) is 1.72. The molecule has 0 radical (unpaired) electrons. The number of hydrogen-bond donors (Lipinski definition) is 1. The molecule has 0 aliphatic rings. The van der Waals surface area contributed by atoms with Gasteiger partial charge in [0.1, 0.15) is 5.15 Å². The van der Waals surface area contributed by atoms with E-state index in [2.05, 4.69) is 10.3 Å². The van der Waals surface area contributed by atoms with Crippen LogP contribution in [0.2, 0.25) is 5.15 Å². The lowest BCUT2D eigenvalue weighted by atomic mass is 10.1. The highest BCUT2D eigenvalue weighted by Gasteiger charge is 2.20. The van der Waals surface area contributed by atoms with Crippen LogP contribution in [-0.4, -0.2) is 40.8 Å². The molecule has 0 spiro atoms. The maximum atomic E-state index is 12.1. The van der Waals surface area contributed by atoms with Gasteiger partial charge in [0, 0.05) is 18.8 Å². The third kappa shape index (κ3) is 4.87. The quantitative estimate of drug-likeness (QED) is 0.859. The molecule has 0 aliphatic carbocycles. The molecule has 0 saturated carbocycles. The summed E-state index contributed by atoms with van der Waals surface area (Å²) in [6.07, 6.45) is 1.51. The molecule has 5 nitrogen and oxygen atoms in total. The summed E-state index contributed by atoms with van der Waals surface area (Å²) in [6, 6.07) is 3.21. The van der Waals surface area contributed by atoms with E-state index in [1.165, 1.54) is 11.1 Å². The van der Waals surface area contributed by atoms with Crippen LogP contribution < -0.4 is 5.32 Å². The van der Waals surface area contributed by atoms with Crippen LogP contribution in [0.15, 0.2) is 18.3 Å². The first kappa shape index (κ1) is 15.4. The van der Waals surface area contributed by atoms with E-state index in [1.807, 2.05) is 20.8 Å². The van der Waals surface area contributed by atoms with Crippen molar-refractivity contribution in [3.05, 3.63) is 29.0 Å². The highest BCUT2D eigenvalue weighted by molar-refractivity contribution is 6.32. The predicted molar refractivity (Wildman–Crippen MR) is 74.1 cm³/mol. The van der Waals surface area contributed by atoms with Gasteiger partial charge in [-0.3, -0.25) is 9.59 Å². The fourth-order valence-corrected chi connectivity index (χ4v) is 1.70. The van der Waals surface area contributed by atoms with Crippen molar-refractivity contribution in [3.63, 3.8) is 0 Å². The molecule has 1 N–H and O–H groups in total. The summed E-state index contributed by atoms with van der Waals surface area (Å²) in [7, 11) is 1.55. The molecule has 1 rings (SSSR count). The summed E-state index contributed by atoms with van der Waals surface area (Å²) in [5.74, 6) is -0.550. The molecule has 1 heterocycles. The van der Waals surface area contributed by atoms with Gasteiger partial charge in [0.05, 0.1) is 12.1 Å². The number of hydrogen-bond acceptors (Lipinski definition) is 3. The van der Waals surface area contributed by atoms with E-state index in [-0.39, 0.29) is 34.6 Å². The van der Waals surface area contributed by atoms with E-state index in [0.717, 1.165) is 0 Å². The Bertz CT molecular complexity index is 483. The van der Waals surface area contributed by atoms with E-state index >= 15 is 0 Å². The second-order valence-electron chi connectivity index (χ2n) is 5.30. The zero-order valence-corrected chi connectivity index (χ0v) is 12.3. The Morgan fingerprint density at radius 2 is 2.05 bits per heavy atom. The topological polar surface area (TPSA) is 62.3 Å². The standard InChI is InChI=1S/C13H18ClN3O2/c1-13(2,3)16-10(18)8-17(4)12(19)9-6-5-7-15-11(9)14/h5-7H,8H2,1-4H3,(H,16,18).